The van der Waals surface area contributed by atoms with Crippen LogP contribution in [0.5, 0.6) is 0 Å². The van der Waals surface area contributed by atoms with Crippen LogP contribution >= 0.6 is 0 Å². The zero-order chi connectivity index (χ0) is 14.1. The van der Waals surface area contributed by atoms with Gasteiger partial charge in [0.05, 0.1) is 0 Å². The Kier molecular flexibility index (Phi) is 4.21. The predicted octanol–water partition coefficient (Wildman–Crippen LogP) is 5.76. The van der Waals surface area contributed by atoms with E-state index in [4.69, 9.17) is 0 Å². The second-order valence-electron chi connectivity index (χ2n) is 5.54. The normalized spacial score (nSPS) is 24.8. The van der Waals surface area contributed by atoms with Crippen molar-refractivity contribution in [2.24, 2.45) is 5.41 Å². The Bertz CT molecular complexity index is 488. The smallest absolute Gasteiger partial charge is 0.0111 e. The fraction of sp³-hybridized carbons (Fsp3) is 0.444. The van der Waals surface area contributed by atoms with Crippen molar-refractivity contribution in [3.63, 3.8) is 0 Å². The van der Waals surface area contributed by atoms with Gasteiger partial charge in [0.15, 0.2) is 0 Å². The van der Waals surface area contributed by atoms with E-state index in [2.05, 4.69) is 67.2 Å². The average molecular weight is 242 g/mol. The van der Waals surface area contributed by atoms with Gasteiger partial charge in [-0.15, -0.1) is 0 Å². The topological polar surface area (TPSA) is 0 Å². The van der Waals surface area contributed by atoms with Gasteiger partial charge in [-0.3, -0.25) is 0 Å². The van der Waals surface area contributed by atoms with Gasteiger partial charge in [-0.25, -0.2) is 0 Å². The minimum absolute atomic E-state index is 0.135. The summed E-state index contributed by atoms with van der Waals surface area (Å²) >= 11 is 0. The molecule has 0 saturated heterocycles. The molecule has 0 saturated carbocycles. The van der Waals surface area contributed by atoms with E-state index in [1.165, 1.54) is 33.4 Å². The largest absolute Gasteiger partial charge is 0.0984 e. The lowest BCUT2D eigenvalue weighted by molar-refractivity contribution is 0.563. The zero-order valence-electron chi connectivity index (χ0n) is 12.9. The maximum absolute atomic E-state index is 4.00. The molecule has 0 radical (unpaired) electrons. The van der Waals surface area contributed by atoms with Crippen molar-refractivity contribution in [2.75, 3.05) is 0 Å². The van der Waals surface area contributed by atoms with E-state index in [-0.39, 0.29) is 5.41 Å². The van der Waals surface area contributed by atoms with Crippen LogP contribution in [0.25, 0.3) is 0 Å². The van der Waals surface area contributed by atoms with E-state index < -0.39 is 0 Å². The Morgan fingerprint density at radius 3 is 2.11 bits per heavy atom. The maximum atomic E-state index is 4.00. The summed E-state index contributed by atoms with van der Waals surface area (Å²) in [6, 6.07) is 0. The van der Waals surface area contributed by atoms with Gasteiger partial charge in [-0.05, 0) is 62.5 Å². The molecule has 18 heavy (non-hydrogen) atoms. The fourth-order valence-electron chi connectivity index (χ4n) is 2.84. The standard InChI is InChI=1S/C18H26/c1-9-12(4)15(10-2)17-13(5)14(6)18(7,8)16(17)11-3/h9-11H,2H2,1,3-8H3/b12-9+,16-11+,17-15+. The molecule has 0 unspecified atom stereocenters. The third-order valence-electron chi connectivity index (χ3n) is 4.44. The first kappa shape index (κ1) is 14.8. The lowest BCUT2D eigenvalue weighted by Crippen LogP contribution is -2.12. The van der Waals surface area contributed by atoms with Crippen LogP contribution < -0.4 is 0 Å². The molecular weight excluding hydrogens is 216 g/mol. The first-order valence-corrected chi connectivity index (χ1v) is 6.68. The SMILES string of the molecule is C=CC(=C1/C(C)=C(C)C(C)(C)/C1=C/C)/C(C)=C/C. The van der Waals surface area contributed by atoms with Gasteiger partial charge in [0.1, 0.15) is 0 Å². The molecule has 0 heterocycles. The van der Waals surface area contributed by atoms with Crippen LogP contribution in [-0.2, 0) is 0 Å². The van der Waals surface area contributed by atoms with Crippen molar-refractivity contribution in [2.45, 2.75) is 48.5 Å². The molecule has 0 heteroatoms. The highest BCUT2D eigenvalue weighted by atomic mass is 14.4. The maximum Gasteiger partial charge on any atom is 0.0111 e. The van der Waals surface area contributed by atoms with Gasteiger partial charge < -0.3 is 0 Å². The van der Waals surface area contributed by atoms with E-state index in [0.29, 0.717) is 0 Å². The van der Waals surface area contributed by atoms with E-state index in [9.17, 15) is 0 Å². The number of hydrogen-bond acceptors (Lipinski definition) is 0. The highest BCUT2D eigenvalue weighted by molar-refractivity contribution is 5.66. The Morgan fingerprint density at radius 1 is 1.17 bits per heavy atom. The molecule has 1 aliphatic rings. The van der Waals surface area contributed by atoms with Crippen LogP contribution in [0, 0.1) is 5.41 Å². The summed E-state index contributed by atoms with van der Waals surface area (Å²) in [6.45, 7) is 19.5. The highest BCUT2D eigenvalue weighted by Crippen LogP contribution is 2.51. The molecule has 0 atom stereocenters. The summed E-state index contributed by atoms with van der Waals surface area (Å²) in [5, 5.41) is 0. The molecule has 1 aliphatic carbocycles. The number of rotatable bonds is 2. The Labute approximate surface area is 112 Å². The Hall–Kier alpha value is -1.30. The molecule has 0 spiro atoms. The Morgan fingerprint density at radius 2 is 1.72 bits per heavy atom. The first-order valence-electron chi connectivity index (χ1n) is 6.68. The van der Waals surface area contributed by atoms with Crippen molar-refractivity contribution in [1.29, 1.82) is 0 Å². The second-order valence-corrected chi connectivity index (χ2v) is 5.54. The van der Waals surface area contributed by atoms with Crippen molar-refractivity contribution < 1.29 is 0 Å². The molecule has 0 N–H and O–H groups in total. The van der Waals surface area contributed by atoms with Crippen LogP contribution in [0.4, 0.5) is 0 Å². The van der Waals surface area contributed by atoms with Crippen molar-refractivity contribution >= 4 is 0 Å². The van der Waals surface area contributed by atoms with Crippen molar-refractivity contribution in [1.82, 2.24) is 0 Å². The third-order valence-corrected chi connectivity index (χ3v) is 4.44. The first-order chi connectivity index (χ1) is 8.32. The number of hydrogen-bond donors (Lipinski definition) is 0. The molecule has 0 fully saturated rings. The van der Waals surface area contributed by atoms with Crippen LogP contribution in [0.3, 0.4) is 0 Å². The van der Waals surface area contributed by atoms with Gasteiger partial charge in [0, 0.05) is 5.41 Å². The van der Waals surface area contributed by atoms with Gasteiger partial charge >= 0.3 is 0 Å². The monoisotopic (exact) mass is 242 g/mol. The van der Waals surface area contributed by atoms with Crippen LogP contribution in [-0.4, -0.2) is 0 Å². The van der Waals surface area contributed by atoms with Crippen LogP contribution in [0.15, 0.2) is 58.2 Å². The second kappa shape index (κ2) is 5.14. The fourth-order valence-corrected chi connectivity index (χ4v) is 2.84. The van der Waals surface area contributed by atoms with Gasteiger partial charge in [-0.2, -0.15) is 0 Å². The zero-order valence-corrected chi connectivity index (χ0v) is 12.9. The van der Waals surface area contributed by atoms with E-state index in [1.54, 1.807) is 0 Å². The van der Waals surface area contributed by atoms with Crippen LogP contribution in [0.1, 0.15) is 48.5 Å². The molecule has 0 aliphatic heterocycles. The predicted molar refractivity (Wildman–Crippen MR) is 82.6 cm³/mol. The molecule has 0 aromatic carbocycles. The quantitative estimate of drug-likeness (QED) is 0.577. The summed E-state index contributed by atoms with van der Waals surface area (Å²) in [6.07, 6.45) is 6.40. The lowest BCUT2D eigenvalue weighted by atomic mass is 9.80. The van der Waals surface area contributed by atoms with Crippen molar-refractivity contribution in [3.05, 3.63) is 58.2 Å². The molecular formula is C18H26. The molecule has 0 bridgehead atoms. The van der Waals surface area contributed by atoms with Gasteiger partial charge in [-0.1, -0.05) is 44.2 Å². The van der Waals surface area contributed by atoms with Gasteiger partial charge in [0.2, 0.25) is 0 Å². The van der Waals surface area contributed by atoms with Gasteiger partial charge in [0.25, 0.3) is 0 Å². The van der Waals surface area contributed by atoms with E-state index in [0.717, 1.165) is 0 Å². The number of allylic oxidation sites excluding steroid dienone is 9. The lowest BCUT2D eigenvalue weighted by Gasteiger charge is -2.24. The van der Waals surface area contributed by atoms with Crippen LogP contribution in [0.2, 0.25) is 0 Å². The highest BCUT2D eigenvalue weighted by Gasteiger charge is 2.36. The molecule has 98 valence electrons. The van der Waals surface area contributed by atoms with E-state index in [1.807, 2.05) is 6.08 Å². The summed E-state index contributed by atoms with van der Waals surface area (Å²) in [5.41, 5.74) is 8.38. The average Bonchev–Trinajstić information content (AvgIpc) is 2.51. The summed E-state index contributed by atoms with van der Waals surface area (Å²) < 4.78 is 0. The summed E-state index contributed by atoms with van der Waals surface area (Å²) in [5.74, 6) is 0. The molecule has 0 nitrogen and oxygen atoms in total. The minimum Gasteiger partial charge on any atom is -0.0984 e. The van der Waals surface area contributed by atoms with E-state index >= 15 is 0 Å². The molecule has 0 aromatic rings. The molecule has 0 amide bonds. The third kappa shape index (κ3) is 2.05. The summed E-state index contributed by atoms with van der Waals surface area (Å²) in [7, 11) is 0. The minimum atomic E-state index is 0.135. The van der Waals surface area contributed by atoms with Crippen molar-refractivity contribution in [3.8, 4) is 0 Å². The summed E-state index contributed by atoms with van der Waals surface area (Å²) in [4.78, 5) is 0. The molecule has 0 aromatic heterocycles. The Balaban J connectivity index is 3.69. The molecule has 1 rings (SSSR count).